The zero-order valence-corrected chi connectivity index (χ0v) is 20.2. The molecule has 4 aromatic rings. The molecule has 0 fully saturated rings. The van der Waals surface area contributed by atoms with E-state index in [0.29, 0.717) is 41.7 Å². The second kappa shape index (κ2) is 10.2. The van der Waals surface area contributed by atoms with E-state index >= 15 is 0 Å². The molecule has 0 aliphatic heterocycles. The first-order chi connectivity index (χ1) is 17.0. The zero-order valence-electron chi connectivity index (χ0n) is 20.2. The minimum Gasteiger partial charge on any atom is -0.383 e. The molecule has 0 aliphatic carbocycles. The summed E-state index contributed by atoms with van der Waals surface area (Å²) >= 11 is 0. The Hall–Kier alpha value is -3.52. The maximum atomic E-state index is 13.4. The van der Waals surface area contributed by atoms with E-state index in [9.17, 15) is 23.1 Å². The van der Waals surface area contributed by atoms with Crippen LogP contribution in [0.2, 0.25) is 0 Å². The van der Waals surface area contributed by atoms with Crippen LogP contribution in [0, 0.1) is 6.92 Å². The van der Waals surface area contributed by atoms with E-state index in [1.54, 1.807) is 31.3 Å². The Morgan fingerprint density at radius 1 is 1.06 bits per heavy atom. The van der Waals surface area contributed by atoms with Crippen molar-refractivity contribution in [3.05, 3.63) is 89.5 Å². The third-order valence-electron chi connectivity index (χ3n) is 6.25. The predicted octanol–water partition coefficient (Wildman–Crippen LogP) is 6.30. The van der Waals surface area contributed by atoms with Crippen molar-refractivity contribution in [2.24, 2.45) is 0 Å². The molecule has 188 valence electrons. The van der Waals surface area contributed by atoms with Gasteiger partial charge in [0, 0.05) is 30.8 Å². The van der Waals surface area contributed by atoms with Crippen molar-refractivity contribution in [3.63, 3.8) is 0 Å². The number of aryl methyl sites for hydroxylation is 2. The largest absolute Gasteiger partial charge is 0.416 e. The minimum atomic E-state index is -4.45. The summed E-state index contributed by atoms with van der Waals surface area (Å²) in [5, 5.41) is 15.2. The van der Waals surface area contributed by atoms with Crippen molar-refractivity contribution >= 4 is 11.3 Å². The van der Waals surface area contributed by atoms with Gasteiger partial charge in [-0.2, -0.15) is 18.3 Å². The molecule has 5 nitrogen and oxygen atoms in total. The molecule has 1 N–H and O–H groups in total. The van der Waals surface area contributed by atoms with Crippen LogP contribution in [0.4, 0.5) is 13.2 Å². The van der Waals surface area contributed by atoms with Crippen molar-refractivity contribution in [1.82, 2.24) is 14.6 Å². The maximum Gasteiger partial charge on any atom is 0.416 e. The van der Waals surface area contributed by atoms with Gasteiger partial charge < -0.3 is 5.11 Å². The van der Waals surface area contributed by atoms with Crippen LogP contribution in [0.15, 0.2) is 67.0 Å². The van der Waals surface area contributed by atoms with Crippen molar-refractivity contribution in [3.8, 4) is 11.1 Å². The minimum absolute atomic E-state index is 0.0345. The molecule has 36 heavy (non-hydrogen) atoms. The molecule has 0 spiro atoms. The molecular weight excluding hydrogens is 467 g/mol. The number of hydrogen-bond acceptors (Lipinski definition) is 4. The average Bonchev–Trinajstić information content (AvgIpc) is 3.19. The number of fused-ring (bicyclic) bond motifs is 1. The molecule has 3 heterocycles. The quantitative estimate of drug-likeness (QED) is 0.277. The molecule has 0 saturated heterocycles. The first kappa shape index (κ1) is 25.6. The smallest absolute Gasteiger partial charge is 0.383 e. The molecule has 0 unspecified atom stereocenters. The summed E-state index contributed by atoms with van der Waals surface area (Å²) in [5.74, 6) is -0.0748. The zero-order chi connectivity index (χ0) is 25.9. The van der Waals surface area contributed by atoms with Gasteiger partial charge in [0.2, 0.25) is 0 Å². The van der Waals surface area contributed by atoms with Crippen molar-refractivity contribution < 1.29 is 23.1 Å². The second-order valence-corrected chi connectivity index (χ2v) is 9.34. The van der Waals surface area contributed by atoms with Gasteiger partial charge in [0.15, 0.2) is 0 Å². The molecule has 0 amide bonds. The number of carbonyl (C=O) groups is 1. The Bertz CT molecular complexity index is 1340. The maximum absolute atomic E-state index is 13.4. The van der Waals surface area contributed by atoms with E-state index < -0.39 is 17.3 Å². The van der Waals surface area contributed by atoms with Crippen LogP contribution in [0.5, 0.6) is 0 Å². The third kappa shape index (κ3) is 5.82. The fourth-order valence-corrected chi connectivity index (χ4v) is 4.34. The fourth-order valence-electron chi connectivity index (χ4n) is 4.34. The second-order valence-electron chi connectivity index (χ2n) is 9.34. The topological polar surface area (TPSA) is 67.5 Å². The fraction of sp³-hybridized carbons (Fsp3) is 0.321. The highest BCUT2D eigenvalue weighted by Crippen LogP contribution is 2.35. The summed E-state index contributed by atoms with van der Waals surface area (Å²) < 4.78 is 41.6. The lowest BCUT2D eigenvalue weighted by atomic mass is 9.92. The summed E-state index contributed by atoms with van der Waals surface area (Å²) in [6.07, 6.45) is 0.429. The molecule has 1 atom stereocenters. The normalized spacial score (nSPS) is 13.6. The molecule has 0 bridgehead atoms. The van der Waals surface area contributed by atoms with Gasteiger partial charge >= 0.3 is 6.18 Å². The number of benzene rings is 1. The Kier molecular flexibility index (Phi) is 7.26. The van der Waals surface area contributed by atoms with Crippen LogP contribution < -0.4 is 0 Å². The van der Waals surface area contributed by atoms with E-state index in [1.807, 2.05) is 31.2 Å². The van der Waals surface area contributed by atoms with Crippen LogP contribution in [-0.4, -0.2) is 25.5 Å². The summed E-state index contributed by atoms with van der Waals surface area (Å²) in [5.41, 5.74) is 1.99. The molecule has 0 aliphatic rings. The van der Waals surface area contributed by atoms with E-state index in [0.717, 1.165) is 23.3 Å². The van der Waals surface area contributed by atoms with Gasteiger partial charge in [0.25, 0.3) is 0 Å². The number of aliphatic hydroxyl groups is 1. The van der Waals surface area contributed by atoms with Gasteiger partial charge in [-0.15, -0.1) is 0 Å². The SMILES string of the molecule is Cc1ccc(-c2c(CCCCC(=O)C[C@@](C)(O)c3ccccn3)nn3ccc(C(F)(F)F)cc23)cc1. The highest BCUT2D eigenvalue weighted by molar-refractivity contribution is 5.83. The number of Topliss-reactive ketones (excluding diaryl/α,β-unsaturated/α-hetero) is 1. The van der Waals surface area contributed by atoms with Gasteiger partial charge in [0.1, 0.15) is 11.4 Å². The summed E-state index contributed by atoms with van der Waals surface area (Å²) in [7, 11) is 0. The molecular formula is C28H28F3N3O2. The third-order valence-corrected chi connectivity index (χ3v) is 6.25. The Labute approximate surface area is 207 Å². The van der Waals surface area contributed by atoms with Crippen molar-refractivity contribution in [2.75, 3.05) is 0 Å². The van der Waals surface area contributed by atoms with Crippen LogP contribution in [0.3, 0.4) is 0 Å². The first-order valence-electron chi connectivity index (χ1n) is 11.9. The number of aromatic nitrogens is 3. The van der Waals surface area contributed by atoms with E-state index in [4.69, 9.17) is 0 Å². The lowest BCUT2D eigenvalue weighted by Gasteiger charge is -2.21. The van der Waals surface area contributed by atoms with Gasteiger partial charge in [0.05, 0.1) is 22.5 Å². The van der Waals surface area contributed by atoms with Crippen LogP contribution in [0.25, 0.3) is 16.6 Å². The van der Waals surface area contributed by atoms with Gasteiger partial charge in [-0.25, -0.2) is 4.52 Å². The van der Waals surface area contributed by atoms with E-state index in [1.165, 1.54) is 10.7 Å². The lowest BCUT2D eigenvalue weighted by Crippen LogP contribution is -2.26. The number of halogens is 3. The number of hydrogen-bond donors (Lipinski definition) is 1. The average molecular weight is 496 g/mol. The van der Waals surface area contributed by atoms with Gasteiger partial charge in [-0.3, -0.25) is 9.78 Å². The molecule has 1 aromatic carbocycles. The van der Waals surface area contributed by atoms with Crippen molar-refractivity contribution in [1.29, 1.82) is 0 Å². The number of unbranched alkanes of at least 4 members (excludes halogenated alkanes) is 1. The molecule has 4 rings (SSSR count). The molecule has 0 radical (unpaired) electrons. The van der Waals surface area contributed by atoms with E-state index in [2.05, 4.69) is 10.1 Å². The van der Waals surface area contributed by atoms with Crippen LogP contribution in [0.1, 0.15) is 55.1 Å². The number of rotatable bonds is 9. The van der Waals surface area contributed by atoms with Gasteiger partial charge in [-0.05, 0) is 62.9 Å². The predicted molar refractivity (Wildman–Crippen MR) is 131 cm³/mol. The van der Waals surface area contributed by atoms with Crippen LogP contribution in [-0.2, 0) is 23.0 Å². The Balaban J connectivity index is 1.49. The number of carbonyl (C=O) groups excluding carboxylic acids is 1. The Morgan fingerprint density at radius 2 is 1.81 bits per heavy atom. The van der Waals surface area contributed by atoms with Crippen LogP contribution >= 0.6 is 0 Å². The summed E-state index contributed by atoms with van der Waals surface area (Å²) in [4.78, 5) is 16.7. The standard InChI is InChI=1S/C28H28F3N3O2/c1-19-10-12-20(13-11-19)26-23(33-34-16-14-21(17-24(26)34)28(29,30)31)8-4-3-7-22(35)18-27(2,36)25-9-5-6-15-32-25/h5-6,9-17,36H,3-4,7-8,18H2,1-2H3/t27-/m1/s1. The van der Waals surface area contributed by atoms with E-state index in [-0.39, 0.29) is 18.6 Å². The number of alkyl halides is 3. The van der Waals surface area contributed by atoms with Crippen molar-refractivity contribution in [2.45, 2.75) is 57.7 Å². The summed E-state index contributed by atoms with van der Waals surface area (Å²) in [6, 6.07) is 15.0. The highest BCUT2D eigenvalue weighted by Gasteiger charge is 2.31. The van der Waals surface area contributed by atoms with Gasteiger partial charge in [-0.1, -0.05) is 35.9 Å². The molecule has 0 saturated carbocycles. The molecule has 8 heteroatoms. The highest BCUT2D eigenvalue weighted by atomic mass is 19.4. The first-order valence-corrected chi connectivity index (χ1v) is 11.9. The number of nitrogens with zero attached hydrogens (tertiary/aromatic N) is 3. The number of ketones is 1. The Morgan fingerprint density at radius 3 is 2.47 bits per heavy atom. The lowest BCUT2D eigenvalue weighted by molar-refractivity contribution is -0.137. The monoisotopic (exact) mass is 495 g/mol. The summed E-state index contributed by atoms with van der Waals surface area (Å²) in [6.45, 7) is 3.53. The number of pyridine rings is 2. The molecule has 3 aromatic heterocycles.